The molecule has 3 heterocycles. The van der Waals surface area contributed by atoms with Crippen molar-refractivity contribution in [2.45, 2.75) is 89.6 Å². The number of carboxylic acid groups (broad SMARTS) is 1. The van der Waals surface area contributed by atoms with Crippen molar-refractivity contribution in [1.82, 2.24) is 15.1 Å². The SMILES string of the molecule is CC1C(CN2CCCC2CN2CCCC2)OC(c2ccc(CNC(=O)CCCC(=O)O)cc2)OC1c1ccc(CO)cc1. The molecule has 3 saturated heterocycles. The zero-order chi connectivity index (χ0) is 30.2. The van der Waals surface area contributed by atoms with Crippen LogP contribution in [0.15, 0.2) is 48.5 Å². The Hall–Kier alpha value is -2.82. The number of carbonyl (C=O) groups excluding carboxylic acids is 1. The lowest BCUT2D eigenvalue weighted by Gasteiger charge is -2.43. The molecule has 9 heteroatoms. The number of ether oxygens (including phenoxy) is 2. The lowest BCUT2D eigenvalue weighted by Crippen LogP contribution is -2.48. The number of carboxylic acids is 1. The van der Waals surface area contributed by atoms with E-state index in [9.17, 15) is 14.7 Å². The van der Waals surface area contributed by atoms with Crippen molar-refractivity contribution in [3.8, 4) is 0 Å². The number of nitrogens with zero attached hydrogens (tertiary/aromatic N) is 2. The van der Waals surface area contributed by atoms with E-state index in [0.717, 1.165) is 41.9 Å². The molecule has 9 nitrogen and oxygen atoms in total. The molecule has 234 valence electrons. The molecule has 1 amide bonds. The Balaban J connectivity index is 1.26. The zero-order valence-electron chi connectivity index (χ0n) is 25.3. The van der Waals surface area contributed by atoms with E-state index in [1.165, 1.54) is 38.8 Å². The zero-order valence-corrected chi connectivity index (χ0v) is 25.3. The van der Waals surface area contributed by atoms with Crippen molar-refractivity contribution < 1.29 is 29.3 Å². The molecule has 0 aromatic heterocycles. The number of aliphatic hydroxyl groups excluding tert-OH is 1. The van der Waals surface area contributed by atoms with Gasteiger partial charge in [0.25, 0.3) is 0 Å². The summed E-state index contributed by atoms with van der Waals surface area (Å²) in [6.45, 7) is 8.16. The number of amides is 1. The molecule has 5 rings (SSSR count). The fourth-order valence-corrected chi connectivity index (χ4v) is 6.65. The fourth-order valence-electron chi connectivity index (χ4n) is 6.65. The average Bonchev–Trinajstić information content (AvgIpc) is 3.70. The predicted molar refractivity (Wildman–Crippen MR) is 163 cm³/mol. The van der Waals surface area contributed by atoms with Gasteiger partial charge >= 0.3 is 5.97 Å². The van der Waals surface area contributed by atoms with E-state index in [1.54, 1.807) is 0 Å². The largest absolute Gasteiger partial charge is 0.481 e. The van der Waals surface area contributed by atoms with Gasteiger partial charge in [0, 0.05) is 50.0 Å². The Morgan fingerprint density at radius 1 is 0.884 bits per heavy atom. The molecule has 2 aromatic rings. The van der Waals surface area contributed by atoms with Crippen LogP contribution >= 0.6 is 0 Å². The number of hydrogen-bond donors (Lipinski definition) is 3. The van der Waals surface area contributed by atoms with Crippen LogP contribution in [0.4, 0.5) is 0 Å². The van der Waals surface area contributed by atoms with E-state index in [1.807, 2.05) is 36.4 Å². The van der Waals surface area contributed by atoms with Crippen LogP contribution < -0.4 is 5.32 Å². The Morgan fingerprint density at radius 2 is 1.58 bits per heavy atom. The lowest BCUT2D eigenvalue weighted by molar-refractivity contribution is -0.276. The summed E-state index contributed by atoms with van der Waals surface area (Å²) >= 11 is 0. The monoisotopic (exact) mass is 593 g/mol. The normalized spacial score (nSPS) is 26.5. The van der Waals surface area contributed by atoms with Crippen LogP contribution in [-0.2, 0) is 32.2 Å². The standard InChI is InChI=1S/C34H47N3O6/c1-24-30(22-37-19-5-6-29(37)21-36-17-2-3-18-36)42-34(43-33(24)27-13-11-26(23-38)12-14-27)28-15-9-25(10-16-28)20-35-31(39)7-4-8-32(40)41/h9-16,24,29-30,33-34,38H,2-8,17-23H2,1H3,(H,35,39)(H,40,41). The van der Waals surface area contributed by atoms with Gasteiger partial charge < -0.3 is 29.9 Å². The van der Waals surface area contributed by atoms with Crippen LogP contribution in [0.1, 0.15) is 86.5 Å². The number of aliphatic hydroxyl groups is 1. The van der Waals surface area contributed by atoms with Crippen molar-refractivity contribution in [3.63, 3.8) is 0 Å². The number of carbonyl (C=O) groups is 2. The van der Waals surface area contributed by atoms with Gasteiger partial charge in [-0.1, -0.05) is 55.5 Å². The Labute approximate surface area is 255 Å². The number of rotatable bonds is 13. The van der Waals surface area contributed by atoms with Gasteiger partial charge in [0.05, 0.1) is 18.8 Å². The maximum atomic E-state index is 12.1. The third-order valence-corrected chi connectivity index (χ3v) is 9.24. The molecular formula is C34H47N3O6. The molecule has 0 spiro atoms. The second-order valence-electron chi connectivity index (χ2n) is 12.4. The second kappa shape index (κ2) is 15.3. The summed E-state index contributed by atoms with van der Waals surface area (Å²) in [5.74, 6) is -0.903. The van der Waals surface area contributed by atoms with E-state index in [4.69, 9.17) is 14.6 Å². The first-order valence-corrected chi connectivity index (χ1v) is 15.9. The average molecular weight is 594 g/mol. The minimum absolute atomic E-state index is 0.00739. The van der Waals surface area contributed by atoms with Crippen molar-refractivity contribution in [1.29, 1.82) is 0 Å². The highest BCUT2D eigenvalue weighted by Crippen LogP contribution is 2.42. The second-order valence-corrected chi connectivity index (χ2v) is 12.4. The molecule has 2 aromatic carbocycles. The molecule has 3 aliphatic heterocycles. The first kappa shape index (κ1) is 31.6. The quantitative estimate of drug-likeness (QED) is 0.314. The van der Waals surface area contributed by atoms with Gasteiger partial charge in [-0.2, -0.15) is 0 Å². The predicted octanol–water partition coefficient (Wildman–Crippen LogP) is 4.40. The molecule has 43 heavy (non-hydrogen) atoms. The highest BCUT2D eigenvalue weighted by atomic mass is 16.7. The van der Waals surface area contributed by atoms with Crippen molar-refractivity contribution in [2.75, 3.05) is 32.7 Å². The summed E-state index contributed by atoms with van der Waals surface area (Å²) in [7, 11) is 0. The van der Waals surface area contributed by atoms with Crippen molar-refractivity contribution >= 4 is 11.9 Å². The van der Waals surface area contributed by atoms with Crippen molar-refractivity contribution in [2.24, 2.45) is 5.92 Å². The Bertz CT molecular complexity index is 1180. The number of aliphatic carboxylic acids is 1. The highest BCUT2D eigenvalue weighted by Gasteiger charge is 2.40. The lowest BCUT2D eigenvalue weighted by atomic mass is 9.90. The topological polar surface area (TPSA) is 112 Å². The number of hydrogen-bond acceptors (Lipinski definition) is 7. The molecule has 0 bridgehead atoms. The summed E-state index contributed by atoms with van der Waals surface area (Å²) in [5.41, 5.74) is 3.85. The van der Waals surface area contributed by atoms with Crippen LogP contribution in [0.2, 0.25) is 0 Å². The first-order chi connectivity index (χ1) is 20.9. The van der Waals surface area contributed by atoms with Gasteiger partial charge in [0.2, 0.25) is 5.91 Å². The van der Waals surface area contributed by atoms with Crippen LogP contribution in [0, 0.1) is 5.92 Å². The summed E-state index contributed by atoms with van der Waals surface area (Å²) in [5, 5.41) is 21.2. The van der Waals surface area contributed by atoms with E-state index < -0.39 is 12.3 Å². The van der Waals surface area contributed by atoms with Gasteiger partial charge in [-0.3, -0.25) is 14.5 Å². The van der Waals surface area contributed by atoms with Gasteiger partial charge in [0.15, 0.2) is 6.29 Å². The Kier molecular flexibility index (Phi) is 11.2. The highest BCUT2D eigenvalue weighted by molar-refractivity contribution is 5.76. The van der Waals surface area contributed by atoms with E-state index in [2.05, 4.69) is 34.2 Å². The number of likely N-dealkylation sites (tertiary alicyclic amines) is 2. The summed E-state index contributed by atoms with van der Waals surface area (Å²) in [6, 6.07) is 16.6. The molecule has 0 saturated carbocycles. The molecule has 3 N–H and O–H groups in total. The molecule has 0 radical (unpaired) electrons. The van der Waals surface area contributed by atoms with E-state index in [-0.39, 0.29) is 43.5 Å². The molecule has 0 aliphatic carbocycles. The third kappa shape index (κ3) is 8.64. The van der Waals surface area contributed by atoms with E-state index in [0.29, 0.717) is 19.0 Å². The van der Waals surface area contributed by atoms with Gasteiger partial charge in [-0.25, -0.2) is 0 Å². The summed E-state index contributed by atoms with van der Waals surface area (Å²) in [4.78, 5) is 28.0. The molecular weight excluding hydrogens is 546 g/mol. The van der Waals surface area contributed by atoms with Crippen LogP contribution in [0.25, 0.3) is 0 Å². The molecule has 3 fully saturated rings. The summed E-state index contributed by atoms with van der Waals surface area (Å²) in [6.07, 6.45) is 4.92. The number of benzene rings is 2. The Morgan fingerprint density at radius 3 is 2.28 bits per heavy atom. The number of nitrogens with one attached hydrogen (secondary N) is 1. The van der Waals surface area contributed by atoms with Crippen LogP contribution in [0.5, 0.6) is 0 Å². The minimum Gasteiger partial charge on any atom is -0.481 e. The van der Waals surface area contributed by atoms with Crippen LogP contribution in [0.3, 0.4) is 0 Å². The van der Waals surface area contributed by atoms with Gasteiger partial charge in [0.1, 0.15) is 0 Å². The molecule has 3 aliphatic rings. The molecule has 5 atom stereocenters. The van der Waals surface area contributed by atoms with E-state index >= 15 is 0 Å². The minimum atomic E-state index is -0.890. The fraction of sp³-hybridized carbons (Fsp3) is 0.588. The maximum absolute atomic E-state index is 12.1. The molecule has 5 unspecified atom stereocenters. The maximum Gasteiger partial charge on any atom is 0.303 e. The first-order valence-electron chi connectivity index (χ1n) is 15.9. The smallest absolute Gasteiger partial charge is 0.303 e. The summed E-state index contributed by atoms with van der Waals surface area (Å²) < 4.78 is 13.4. The third-order valence-electron chi connectivity index (χ3n) is 9.24. The van der Waals surface area contributed by atoms with Crippen molar-refractivity contribution in [3.05, 3.63) is 70.8 Å². The van der Waals surface area contributed by atoms with Gasteiger partial charge in [-0.15, -0.1) is 0 Å². The van der Waals surface area contributed by atoms with Gasteiger partial charge in [-0.05, 0) is 68.4 Å². The van der Waals surface area contributed by atoms with Crippen LogP contribution in [-0.4, -0.2) is 76.8 Å².